The molecule has 0 atom stereocenters. The lowest BCUT2D eigenvalue weighted by molar-refractivity contribution is -0.141. The number of carbonyl (C=O) groups is 1. The Balaban J connectivity index is 1.60. The van der Waals surface area contributed by atoms with Crippen molar-refractivity contribution in [2.75, 3.05) is 23.8 Å². The van der Waals surface area contributed by atoms with Crippen LogP contribution in [-0.4, -0.2) is 41.6 Å². The van der Waals surface area contributed by atoms with Gasteiger partial charge in [-0.05, 0) is 56.9 Å². The number of amides is 1. The predicted molar refractivity (Wildman–Crippen MR) is 110 cm³/mol. The van der Waals surface area contributed by atoms with E-state index in [0.717, 1.165) is 6.07 Å². The van der Waals surface area contributed by atoms with E-state index in [0.29, 0.717) is 37.8 Å². The van der Waals surface area contributed by atoms with Gasteiger partial charge in [0.15, 0.2) is 5.69 Å². The molecule has 2 aromatic rings. The van der Waals surface area contributed by atoms with Gasteiger partial charge in [0, 0.05) is 37.3 Å². The van der Waals surface area contributed by atoms with Gasteiger partial charge in [-0.1, -0.05) is 0 Å². The van der Waals surface area contributed by atoms with Crippen molar-refractivity contribution in [3.8, 4) is 0 Å². The zero-order valence-electron chi connectivity index (χ0n) is 17.3. The van der Waals surface area contributed by atoms with Crippen LogP contribution in [0.1, 0.15) is 48.7 Å². The lowest BCUT2D eigenvalue weighted by Crippen LogP contribution is -2.40. The monoisotopic (exact) mass is 439 g/mol. The third-order valence-electron chi connectivity index (χ3n) is 5.34. The van der Waals surface area contributed by atoms with Gasteiger partial charge in [-0.25, -0.2) is 9.37 Å². The molecule has 3 rings (SSSR count). The van der Waals surface area contributed by atoms with Gasteiger partial charge in [-0.15, -0.1) is 0 Å². The summed E-state index contributed by atoms with van der Waals surface area (Å²) in [7, 11) is 1.63. The van der Waals surface area contributed by atoms with Gasteiger partial charge in [-0.3, -0.25) is 4.79 Å². The maximum atomic E-state index is 13.2. The number of carbonyl (C=O) groups excluding carboxylic acids is 1. The molecule has 1 fully saturated rings. The Kier molecular flexibility index (Phi) is 6.97. The highest BCUT2D eigenvalue weighted by atomic mass is 19.4. The minimum atomic E-state index is -4.56. The van der Waals surface area contributed by atoms with E-state index in [9.17, 15) is 22.4 Å². The summed E-state index contributed by atoms with van der Waals surface area (Å²) in [5, 5.41) is 6.02. The Morgan fingerprint density at radius 1 is 1.10 bits per heavy atom. The average Bonchev–Trinajstić information content (AvgIpc) is 2.74. The summed E-state index contributed by atoms with van der Waals surface area (Å²) in [6, 6.07) is 6.14. The first kappa shape index (κ1) is 22.8. The second kappa shape index (κ2) is 9.49. The molecule has 0 spiro atoms. The van der Waals surface area contributed by atoms with Crippen LogP contribution in [0.5, 0.6) is 0 Å². The normalized spacial score (nSPS) is 19.0. The Hall–Kier alpha value is -2.91. The van der Waals surface area contributed by atoms with Crippen LogP contribution in [-0.2, 0) is 6.18 Å². The molecular weight excluding hydrogens is 414 g/mol. The van der Waals surface area contributed by atoms with Crippen molar-refractivity contribution in [3.63, 3.8) is 0 Å². The highest BCUT2D eigenvalue weighted by molar-refractivity contribution is 5.94. The van der Waals surface area contributed by atoms with Crippen molar-refractivity contribution in [2.24, 2.45) is 0 Å². The third-order valence-corrected chi connectivity index (χ3v) is 5.34. The van der Waals surface area contributed by atoms with E-state index in [1.54, 1.807) is 18.9 Å². The van der Waals surface area contributed by atoms with Crippen LogP contribution in [0.15, 0.2) is 30.3 Å². The zero-order valence-corrected chi connectivity index (χ0v) is 17.3. The van der Waals surface area contributed by atoms with Crippen molar-refractivity contribution in [2.45, 2.75) is 50.9 Å². The molecule has 1 saturated carbocycles. The minimum Gasteiger partial charge on any atom is -0.367 e. The van der Waals surface area contributed by atoms with E-state index in [-0.39, 0.29) is 29.8 Å². The Bertz CT molecular complexity index is 896. The first-order chi connectivity index (χ1) is 14.7. The number of nitrogens with zero attached hydrogens (tertiary/aromatic N) is 3. The summed E-state index contributed by atoms with van der Waals surface area (Å²) < 4.78 is 52.7. The fraction of sp³-hybridized carbons (Fsp3) is 0.476. The van der Waals surface area contributed by atoms with E-state index < -0.39 is 17.7 Å². The molecule has 1 aromatic carbocycles. The molecular formula is C21H25F4N5O. The lowest BCUT2D eigenvalue weighted by atomic mass is 9.91. The Morgan fingerprint density at radius 3 is 2.29 bits per heavy atom. The highest BCUT2D eigenvalue weighted by Gasteiger charge is 2.34. The maximum Gasteiger partial charge on any atom is 0.433 e. The second-order valence-corrected chi connectivity index (χ2v) is 7.62. The molecule has 10 heteroatoms. The van der Waals surface area contributed by atoms with Crippen LogP contribution < -0.4 is 15.5 Å². The predicted octanol–water partition coefficient (Wildman–Crippen LogP) is 4.24. The number of rotatable bonds is 6. The van der Waals surface area contributed by atoms with Gasteiger partial charge in [0.05, 0.1) is 0 Å². The van der Waals surface area contributed by atoms with Crippen molar-refractivity contribution in [1.29, 1.82) is 0 Å². The fourth-order valence-electron chi connectivity index (χ4n) is 3.43. The molecule has 1 aromatic heterocycles. The van der Waals surface area contributed by atoms with Crippen LogP contribution in [0.2, 0.25) is 0 Å². The molecule has 2 N–H and O–H groups in total. The van der Waals surface area contributed by atoms with Gasteiger partial charge >= 0.3 is 6.18 Å². The summed E-state index contributed by atoms with van der Waals surface area (Å²) in [5.41, 5.74) is -0.601. The van der Waals surface area contributed by atoms with Gasteiger partial charge in [-0.2, -0.15) is 18.2 Å². The van der Waals surface area contributed by atoms with Gasteiger partial charge < -0.3 is 15.5 Å². The van der Waals surface area contributed by atoms with Crippen molar-refractivity contribution in [1.82, 2.24) is 15.3 Å². The van der Waals surface area contributed by atoms with Crippen LogP contribution >= 0.6 is 0 Å². The number of alkyl halides is 3. The summed E-state index contributed by atoms with van der Waals surface area (Å²) in [5.74, 6) is -0.527. The molecule has 1 heterocycles. The largest absolute Gasteiger partial charge is 0.433 e. The smallest absolute Gasteiger partial charge is 0.367 e. The number of nitrogens with one attached hydrogen (secondary N) is 2. The molecule has 0 radical (unpaired) electrons. The summed E-state index contributed by atoms with van der Waals surface area (Å²) in [6.07, 6.45) is -1.89. The number of anilines is 2. The topological polar surface area (TPSA) is 70.2 Å². The van der Waals surface area contributed by atoms with E-state index >= 15 is 0 Å². The summed E-state index contributed by atoms with van der Waals surface area (Å²) in [4.78, 5) is 21.7. The number of hydrogen-bond acceptors (Lipinski definition) is 5. The first-order valence-electron chi connectivity index (χ1n) is 10.2. The first-order valence-corrected chi connectivity index (χ1v) is 10.2. The van der Waals surface area contributed by atoms with E-state index in [4.69, 9.17) is 0 Å². The number of aromatic nitrogens is 2. The zero-order chi connectivity index (χ0) is 22.6. The highest BCUT2D eigenvalue weighted by Crippen LogP contribution is 2.31. The average molecular weight is 439 g/mol. The molecule has 0 aliphatic heterocycles. The summed E-state index contributed by atoms with van der Waals surface area (Å²) in [6.45, 7) is 2.28. The standard InChI is InChI=1S/C21H25F4N5O/c1-3-30(2)20-28-17(21(23,24)25)12-18(29-20)26-15-8-10-16(11-9-15)27-19(31)13-4-6-14(22)7-5-13/h4-7,12,15-16H,3,8-11H2,1-2H3,(H,27,31)(H,26,28,29)/t15-,16+. The van der Waals surface area contributed by atoms with E-state index in [1.807, 2.05) is 0 Å². The van der Waals surface area contributed by atoms with E-state index in [2.05, 4.69) is 20.6 Å². The van der Waals surface area contributed by atoms with Crippen LogP contribution in [0.25, 0.3) is 0 Å². The second-order valence-electron chi connectivity index (χ2n) is 7.62. The molecule has 1 amide bonds. The van der Waals surface area contributed by atoms with Crippen molar-refractivity contribution in [3.05, 3.63) is 47.4 Å². The number of benzene rings is 1. The number of halogens is 4. The van der Waals surface area contributed by atoms with Crippen LogP contribution in [0, 0.1) is 5.82 Å². The SMILES string of the molecule is CCN(C)c1nc(N[C@H]2CC[C@@H](NC(=O)c3ccc(F)cc3)CC2)cc(C(F)(F)F)n1. The molecule has 1 aliphatic rings. The van der Waals surface area contributed by atoms with Crippen LogP contribution in [0.4, 0.5) is 29.3 Å². The number of hydrogen-bond donors (Lipinski definition) is 2. The van der Waals surface area contributed by atoms with Crippen molar-refractivity contribution >= 4 is 17.7 Å². The molecule has 1 aliphatic carbocycles. The van der Waals surface area contributed by atoms with Crippen LogP contribution in [0.3, 0.4) is 0 Å². The van der Waals surface area contributed by atoms with Gasteiger partial charge in [0.1, 0.15) is 11.6 Å². The minimum absolute atomic E-state index is 0.0140. The maximum absolute atomic E-state index is 13.2. The summed E-state index contributed by atoms with van der Waals surface area (Å²) >= 11 is 0. The Morgan fingerprint density at radius 2 is 1.71 bits per heavy atom. The molecule has 0 saturated heterocycles. The lowest BCUT2D eigenvalue weighted by Gasteiger charge is -2.30. The quantitative estimate of drug-likeness (QED) is 0.659. The fourth-order valence-corrected chi connectivity index (χ4v) is 3.43. The van der Waals surface area contributed by atoms with Gasteiger partial charge in [0.25, 0.3) is 5.91 Å². The van der Waals surface area contributed by atoms with Gasteiger partial charge in [0.2, 0.25) is 5.95 Å². The molecule has 168 valence electrons. The van der Waals surface area contributed by atoms with Crippen molar-refractivity contribution < 1.29 is 22.4 Å². The molecule has 0 unspecified atom stereocenters. The molecule has 0 bridgehead atoms. The Labute approximate surface area is 178 Å². The molecule has 31 heavy (non-hydrogen) atoms. The van der Waals surface area contributed by atoms with E-state index in [1.165, 1.54) is 24.3 Å². The molecule has 6 nitrogen and oxygen atoms in total. The third kappa shape index (κ3) is 6.05.